The zero-order valence-electron chi connectivity index (χ0n) is 10.9. The van der Waals surface area contributed by atoms with Gasteiger partial charge in [-0.3, -0.25) is 4.79 Å². The molecule has 0 fully saturated rings. The molecule has 0 aliphatic rings. The van der Waals surface area contributed by atoms with Crippen molar-refractivity contribution in [3.05, 3.63) is 64.1 Å². The van der Waals surface area contributed by atoms with E-state index >= 15 is 0 Å². The lowest BCUT2D eigenvalue weighted by Gasteiger charge is -2.04. The Morgan fingerprint density at radius 2 is 1.85 bits per heavy atom. The van der Waals surface area contributed by atoms with Crippen molar-refractivity contribution in [2.45, 2.75) is 6.92 Å². The van der Waals surface area contributed by atoms with Gasteiger partial charge in [-0.15, -0.1) is 0 Å². The molecule has 0 spiro atoms. The first-order chi connectivity index (χ1) is 9.56. The predicted molar refractivity (Wildman–Crippen MR) is 84.7 cm³/mol. The minimum Gasteiger partial charge on any atom is -0.399 e. The fourth-order valence-electron chi connectivity index (χ4n) is 1.66. The standard InChI is InChI=1S/C15H14BrN3O/c1-10(11-4-3-7-14(17)9-11)18-19-15(20)12-5-2-6-13(16)8-12/h2-9H,17H2,1H3,(H,19,20)/b18-10-. The van der Waals surface area contributed by atoms with Gasteiger partial charge in [0, 0.05) is 15.7 Å². The van der Waals surface area contributed by atoms with Gasteiger partial charge >= 0.3 is 0 Å². The number of carbonyl (C=O) groups excluding carboxylic acids is 1. The smallest absolute Gasteiger partial charge is 0.271 e. The lowest BCUT2D eigenvalue weighted by atomic mass is 10.1. The highest BCUT2D eigenvalue weighted by Crippen LogP contribution is 2.11. The van der Waals surface area contributed by atoms with Crippen LogP contribution in [0, 0.1) is 0 Å². The number of halogens is 1. The van der Waals surface area contributed by atoms with Crippen LogP contribution in [-0.4, -0.2) is 11.6 Å². The van der Waals surface area contributed by atoms with Gasteiger partial charge < -0.3 is 5.73 Å². The third-order valence-electron chi connectivity index (χ3n) is 2.72. The molecule has 0 saturated heterocycles. The van der Waals surface area contributed by atoms with Crippen LogP contribution in [0.15, 0.2) is 58.1 Å². The Morgan fingerprint density at radius 3 is 2.55 bits per heavy atom. The summed E-state index contributed by atoms with van der Waals surface area (Å²) >= 11 is 3.33. The SMILES string of the molecule is C/C(=N/NC(=O)c1cccc(Br)c1)c1cccc(N)c1. The molecular formula is C15H14BrN3O. The number of nitrogens with zero attached hydrogens (tertiary/aromatic N) is 1. The summed E-state index contributed by atoms with van der Waals surface area (Å²) in [5.41, 5.74) is 11.0. The maximum Gasteiger partial charge on any atom is 0.271 e. The van der Waals surface area contributed by atoms with Gasteiger partial charge in [0.25, 0.3) is 5.91 Å². The molecule has 1 amide bonds. The van der Waals surface area contributed by atoms with Crippen LogP contribution in [0.2, 0.25) is 0 Å². The Kier molecular flexibility index (Phi) is 4.53. The van der Waals surface area contributed by atoms with Crippen LogP contribution in [0.5, 0.6) is 0 Å². The average Bonchev–Trinajstić information content (AvgIpc) is 2.44. The topological polar surface area (TPSA) is 67.5 Å². The van der Waals surface area contributed by atoms with E-state index in [1.807, 2.05) is 31.2 Å². The zero-order valence-corrected chi connectivity index (χ0v) is 12.5. The van der Waals surface area contributed by atoms with Gasteiger partial charge in [-0.05, 0) is 42.8 Å². The number of hydrazone groups is 1. The van der Waals surface area contributed by atoms with Crippen molar-refractivity contribution in [1.29, 1.82) is 0 Å². The summed E-state index contributed by atoms with van der Waals surface area (Å²) in [5.74, 6) is -0.255. The number of nitrogen functional groups attached to an aromatic ring is 1. The van der Waals surface area contributed by atoms with Crippen LogP contribution in [0.1, 0.15) is 22.8 Å². The molecule has 0 bridgehead atoms. The lowest BCUT2D eigenvalue weighted by Crippen LogP contribution is -2.19. The molecule has 4 nitrogen and oxygen atoms in total. The van der Waals surface area contributed by atoms with Gasteiger partial charge in [0.05, 0.1) is 5.71 Å². The molecule has 2 aromatic carbocycles. The highest BCUT2D eigenvalue weighted by atomic mass is 79.9. The molecule has 20 heavy (non-hydrogen) atoms. The molecule has 0 aliphatic carbocycles. The van der Waals surface area contributed by atoms with Crippen molar-refractivity contribution in [2.24, 2.45) is 5.10 Å². The number of amides is 1. The number of rotatable bonds is 3. The van der Waals surface area contributed by atoms with Crippen LogP contribution in [0.25, 0.3) is 0 Å². The van der Waals surface area contributed by atoms with E-state index in [0.717, 1.165) is 10.0 Å². The fourth-order valence-corrected chi connectivity index (χ4v) is 2.06. The van der Waals surface area contributed by atoms with E-state index in [1.165, 1.54) is 0 Å². The van der Waals surface area contributed by atoms with Crippen molar-refractivity contribution in [1.82, 2.24) is 5.43 Å². The van der Waals surface area contributed by atoms with E-state index in [1.54, 1.807) is 24.3 Å². The summed E-state index contributed by atoms with van der Waals surface area (Å²) in [4.78, 5) is 11.9. The number of nitrogens with two attached hydrogens (primary N) is 1. The van der Waals surface area contributed by atoms with Crippen molar-refractivity contribution in [3.8, 4) is 0 Å². The Hall–Kier alpha value is -2.14. The molecule has 0 aliphatic heterocycles. The second kappa shape index (κ2) is 6.34. The van der Waals surface area contributed by atoms with E-state index in [0.29, 0.717) is 17.0 Å². The molecule has 0 radical (unpaired) electrons. The van der Waals surface area contributed by atoms with Gasteiger partial charge in [-0.2, -0.15) is 5.10 Å². The highest BCUT2D eigenvalue weighted by molar-refractivity contribution is 9.10. The van der Waals surface area contributed by atoms with Crippen LogP contribution in [0.4, 0.5) is 5.69 Å². The molecule has 3 N–H and O–H groups in total. The molecule has 2 rings (SSSR count). The van der Waals surface area contributed by atoms with Gasteiger partial charge in [0.1, 0.15) is 0 Å². The van der Waals surface area contributed by atoms with E-state index < -0.39 is 0 Å². The maximum atomic E-state index is 11.9. The quantitative estimate of drug-likeness (QED) is 0.515. The van der Waals surface area contributed by atoms with Crippen molar-refractivity contribution >= 4 is 33.2 Å². The van der Waals surface area contributed by atoms with Gasteiger partial charge in [-0.1, -0.05) is 34.1 Å². The monoisotopic (exact) mass is 331 g/mol. The fraction of sp³-hybridized carbons (Fsp3) is 0.0667. The zero-order chi connectivity index (χ0) is 14.5. The third-order valence-corrected chi connectivity index (χ3v) is 3.21. The number of hydrogen-bond donors (Lipinski definition) is 2. The van der Waals surface area contributed by atoms with E-state index in [4.69, 9.17) is 5.73 Å². The van der Waals surface area contributed by atoms with E-state index in [2.05, 4.69) is 26.5 Å². The largest absolute Gasteiger partial charge is 0.399 e. The summed E-state index contributed by atoms with van der Waals surface area (Å²) in [5, 5.41) is 4.09. The summed E-state index contributed by atoms with van der Waals surface area (Å²) in [6.07, 6.45) is 0. The van der Waals surface area contributed by atoms with Crippen molar-refractivity contribution in [2.75, 3.05) is 5.73 Å². The van der Waals surface area contributed by atoms with Crippen LogP contribution < -0.4 is 11.2 Å². The normalized spacial score (nSPS) is 11.2. The molecule has 0 atom stereocenters. The number of carbonyl (C=O) groups is 1. The van der Waals surface area contributed by atoms with Gasteiger partial charge in [0.15, 0.2) is 0 Å². The molecule has 102 valence electrons. The number of anilines is 1. The highest BCUT2D eigenvalue weighted by Gasteiger charge is 2.05. The summed E-state index contributed by atoms with van der Waals surface area (Å²) in [6.45, 7) is 1.82. The molecule has 0 saturated carbocycles. The minimum absolute atomic E-state index is 0.255. The summed E-state index contributed by atoms with van der Waals surface area (Å²) < 4.78 is 0.849. The van der Waals surface area contributed by atoms with Gasteiger partial charge in [-0.25, -0.2) is 5.43 Å². The van der Waals surface area contributed by atoms with Crippen LogP contribution >= 0.6 is 15.9 Å². The number of benzene rings is 2. The molecular weight excluding hydrogens is 318 g/mol. The maximum absolute atomic E-state index is 11.9. The second-order valence-corrected chi connectivity index (χ2v) is 5.19. The minimum atomic E-state index is -0.255. The Morgan fingerprint density at radius 1 is 1.15 bits per heavy atom. The van der Waals surface area contributed by atoms with Gasteiger partial charge in [0.2, 0.25) is 0 Å². The van der Waals surface area contributed by atoms with E-state index in [9.17, 15) is 4.79 Å². The first-order valence-electron chi connectivity index (χ1n) is 6.02. The lowest BCUT2D eigenvalue weighted by molar-refractivity contribution is 0.0955. The molecule has 0 unspecified atom stereocenters. The Balaban J connectivity index is 2.11. The van der Waals surface area contributed by atoms with Crippen LogP contribution in [-0.2, 0) is 0 Å². The molecule has 5 heteroatoms. The summed E-state index contributed by atoms with van der Waals surface area (Å²) in [6, 6.07) is 14.5. The first-order valence-corrected chi connectivity index (χ1v) is 6.81. The third kappa shape index (κ3) is 3.68. The summed E-state index contributed by atoms with van der Waals surface area (Å²) in [7, 11) is 0. The predicted octanol–water partition coefficient (Wildman–Crippen LogP) is 3.19. The first kappa shape index (κ1) is 14.3. The molecule has 0 aromatic heterocycles. The molecule has 0 heterocycles. The average molecular weight is 332 g/mol. The van der Waals surface area contributed by atoms with Crippen molar-refractivity contribution in [3.63, 3.8) is 0 Å². The second-order valence-electron chi connectivity index (χ2n) is 4.27. The van der Waals surface area contributed by atoms with Crippen molar-refractivity contribution < 1.29 is 4.79 Å². The van der Waals surface area contributed by atoms with Crippen LogP contribution in [0.3, 0.4) is 0 Å². The Labute approximate surface area is 125 Å². The van der Waals surface area contributed by atoms with E-state index in [-0.39, 0.29) is 5.91 Å². The Bertz CT molecular complexity index is 668. The number of hydrogen-bond acceptors (Lipinski definition) is 3. The number of nitrogens with one attached hydrogen (secondary N) is 1. The molecule has 2 aromatic rings.